The van der Waals surface area contributed by atoms with Gasteiger partial charge in [0.05, 0.1) is 17.8 Å². The van der Waals surface area contributed by atoms with Crippen LogP contribution in [0.25, 0.3) is 16.9 Å². The van der Waals surface area contributed by atoms with Gasteiger partial charge in [-0.05, 0) is 48.7 Å². The quantitative estimate of drug-likeness (QED) is 0.524. The van der Waals surface area contributed by atoms with Gasteiger partial charge in [-0.2, -0.15) is 0 Å². The lowest BCUT2D eigenvalue weighted by molar-refractivity contribution is 0.0810. The van der Waals surface area contributed by atoms with Gasteiger partial charge in [0.25, 0.3) is 0 Å². The molecule has 0 atom stereocenters. The molecular weight excluding hydrogens is 374 g/mol. The predicted octanol–water partition coefficient (Wildman–Crippen LogP) is 4.39. The molecule has 0 fully saturated rings. The molecule has 2 aromatic carbocycles. The highest BCUT2D eigenvalue weighted by Crippen LogP contribution is 2.27. The number of aliphatic hydroxyl groups is 1. The minimum atomic E-state index is -0.728. The first-order valence-electron chi connectivity index (χ1n) is 10.00. The van der Waals surface area contributed by atoms with Crippen molar-refractivity contribution in [3.8, 4) is 11.3 Å². The number of nitrogens with one attached hydrogen (secondary N) is 1. The molecule has 3 heterocycles. The van der Waals surface area contributed by atoms with Gasteiger partial charge in [0, 0.05) is 42.5 Å². The van der Waals surface area contributed by atoms with E-state index in [-0.39, 0.29) is 0 Å². The van der Waals surface area contributed by atoms with Crippen LogP contribution >= 0.6 is 0 Å². The van der Waals surface area contributed by atoms with E-state index in [9.17, 15) is 5.11 Å². The molecule has 4 aromatic rings. The summed E-state index contributed by atoms with van der Waals surface area (Å²) < 4.78 is 1.98. The molecule has 0 aliphatic carbocycles. The number of rotatable bonds is 5. The van der Waals surface area contributed by atoms with Gasteiger partial charge in [0.1, 0.15) is 0 Å². The zero-order chi connectivity index (χ0) is 20.7. The van der Waals surface area contributed by atoms with E-state index in [2.05, 4.69) is 33.5 Å². The van der Waals surface area contributed by atoms with Gasteiger partial charge in [0.2, 0.25) is 0 Å². The Morgan fingerprint density at radius 2 is 1.97 bits per heavy atom. The van der Waals surface area contributed by atoms with Crippen LogP contribution in [0, 0.1) is 0 Å². The van der Waals surface area contributed by atoms with Crippen LogP contribution in [0.3, 0.4) is 0 Å². The Kier molecular flexibility index (Phi) is 4.37. The second-order valence-electron chi connectivity index (χ2n) is 8.33. The van der Waals surface area contributed by atoms with Crippen molar-refractivity contribution in [1.29, 1.82) is 0 Å². The summed E-state index contributed by atoms with van der Waals surface area (Å²) in [5.74, 6) is 0.699. The first-order chi connectivity index (χ1) is 14.4. The molecule has 6 heteroatoms. The number of hydrogen-bond acceptors (Lipinski definition) is 5. The van der Waals surface area contributed by atoms with Gasteiger partial charge >= 0.3 is 0 Å². The van der Waals surface area contributed by atoms with Crippen molar-refractivity contribution in [3.05, 3.63) is 77.7 Å². The number of fused-ring (bicyclic) bond motifs is 2. The first kappa shape index (κ1) is 18.5. The Labute approximate surface area is 175 Å². The summed E-state index contributed by atoms with van der Waals surface area (Å²) in [7, 11) is 0. The van der Waals surface area contributed by atoms with E-state index >= 15 is 0 Å². The Bertz CT molecular complexity index is 1250. The fourth-order valence-electron chi connectivity index (χ4n) is 3.77. The number of aliphatic imine (C=N–C) groups is 1. The molecule has 150 valence electrons. The molecule has 0 spiro atoms. The monoisotopic (exact) mass is 397 g/mol. The number of nitrogens with zero attached hydrogens (tertiary/aromatic N) is 4. The maximum absolute atomic E-state index is 10.0. The second kappa shape index (κ2) is 7.07. The van der Waals surface area contributed by atoms with Crippen LogP contribution in [0.4, 0.5) is 11.5 Å². The molecule has 0 bridgehead atoms. The molecule has 6 nitrogen and oxygen atoms in total. The lowest BCUT2D eigenvalue weighted by atomic mass is 9.99. The van der Waals surface area contributed by atoms with Crippen LogP contribution in [0.1, 0.15) is 30.5 Å². The molecule has 2 aromatic heterocycles. The van der Waals surface area contributed by atoms with Crippen molar-refractivity contribution in [2.24, 2.45) is 4.99 Å². The van der Waals surface area contributed by atoms with Gasteiger partial charge < -0.3 is 14.8 Å². The van der Waals surface area contributed by atoms with E-state index in [0.717, 1.165) is 34.7 Å². The third-order valence-corrected chi connectivity index (χ3v) is 5.16. The molecule has 1 aliphatic rings. The lowest BCUT2D eigenvalue weighted by Gasteiger charge is -2.17. The SMILES string of the molecule is CC(C)(O)Cc1ccc(Nc2nc(-c3ccc4c(c3)CN=C4)cn3ccnc23)cc1. The van der Waals surface area contributed by atoms with Crippen LogP contribution in [-0.2, 0) is 13.0 Å². The van der Waals surface area contributed by atoms with Gasteiger partial charge in [-0.1, -0.05) is 24.3 Å². The van der Waals surface area contributed by atoms with Gasteiger partial charge in [0.15, 0.2) is 11.5 Å². The Morgan fingerprint density at radius 1 is 1.13 bits per heavy atom. The summed E-state index contributed by atoms with van der Waals surface area (Å²) in [6.07, 6.45) is 8.22. The fraction of sp³-hybridized carbons (Fsp3) is 0.208. The molecule has 0 amide bonds. The molecular formula is C24H23N5O. The molecule has 2 N–H and O–H groups in total. The molecule has 0 radical (unpaired) electrons. The largest absolute Gasteiger partial charge is 0.390 e. The third kappa shape index (κ3) is 3.69. The van der Waals surface area contributed by atoms with Gasteiger partial charge in [-0.25, -0.2) is 9.97 Å². The molecule has 5 rings (SSSR count). The predicted molar refractivity (Wildman–Crippen MR) is 119 cm³/mol. The average Bonchev–Trinajstić information content (AvgIpc) is 3.36. The van der Waals surface area contributed by atoms with Gasteiger partial charge in [-0.15, -0.1) is 0 Å². The maximum atomic E-state index is 10.0. The van der Waals surface area contributed by atoms with E-state index in [1.165, 1.54) is 11.1 Å². The molecule has 1 aliphatic heterocycles. The maximum Gasteiger partial charge on any atom is 0.180 e. The topological polar surface area (TPSA) is 74.8 Å². The van der Waals surface area contributed by atoms with Crippen molar-refractivity contribution in [2.75, 3.05) is 5.32 Å². The minimum Gasteiger partial charge on any atom is -0.390 e. The number of benzene rings is 2. The van der Waals surface area contributed by atoms with E-state index in [1.54, 1.807) is 6.20 Å². The summed E-state index contributed by atoms with van der Waals surface area (Å²) in [6, 6.07) is 14.4. The van der Waals surface area contributed by atoms with Crippen molar-refractivity contribution in [1.82, 2.24) is 14.4 Å². The van der Waals surface area contributed by atoms with Gasteiger partial charge in [-0.3, -0.25) is 4.99 Å². The van der Waals surface area contributed by atoms with Crippen molar-refractivity contribution >= 4 is 23.4 Å². The zero-order valence-electron chi connectivity index (χ0n) is 17.0. The first-order valence-corrected chi connectivity index (χ1v) is 10.00. The fourth-order valence-corrected chi connectivity index (χ4v) is 3.77. The summed E-state index contributed by atoms with van der Waals surface area (Å²) >= 11 is 0. The molecule has 0 saturated carbocycles. The number of hydrogen-bond donors (Lipinski definition) is 2. The number of aromatic nitrogens is 3. The van der Waals surface area contributed by atoms with Crippen LogP contribution in [0.2, 0.25) is 0 Å². The normalized spacial score (nSPS) is 13.0. The Balaban J connectivity index is 1.48. The van der Waals surface area contributed by atoms with E-state index in [4.69, 9.17) is 4.98 Å². The average molecular weight is 397 g/mol. The lowest BCUT2D eigenvalue weighted by Crippen LogP contribution is -2.21. The second-order valence-corrected chi connectivity index (χ2v) is 8.33. The molecule has 0 saturated heterocycles. The van der Waals surface area contributed by atoms with E-state index in [0.29, 0.717) is 12.2 Å². The highest BCUT2D eigenvalue weighted by Gasteiger charge is 2.14. The Morgan fingerprint density at radius 3 is 2.77 bits per heavy atom. The standard InChI is InChI=1S/C24H23N5O/c1-24(2,30)12-16-3-7-20(8-4-16)27-22-23-26-9-10-29(23)15-21(28-22)17-5-6-18-13-25-14-19(18)11-17/h3-11,13,15,30H,12,14H2,1-2H3,(H,27,28). The van der Waals surface area contributed by atoms with Crippen molar-refractivity contribution < 1.29 is 5.11 Å². The highest BCUT2D eigenvalue weighted by atomic mass is 16.3. The Hall–Kier alpha value is -3.51. The molecule has 30 heavy (non-hydrogen) atoms. The zero-order valence-corrected chi connectivity index (χ0v) is 17.0. The minimum absolute atomic E-state index is 0.605. The van der Waals surface area contributed by atoms with E-state index < -0.39 is 5.60 Å². The summed E-state index contributed by atoms with van der Waals surface area (Å²) in [6.45, 7) is 4.35. The molecule has 0 unspecified atom stereocenters. The smallest absolute Gasteiger partial charge is 0.180 e. The number of anilines is 2. The third-order valence-electron chi connectivity index (χ3n) is 5.16. The summed E-state index contributed by atoms with van der Waals surface area (Å²) in [5, 5.41) is 13.4. The summed E-state index contributed by atoms with van der Waals surface area (Å²) in [5.41, 5.74) is 6.36. The summed E-state index contributed by atoms with van der Waals surface area (Å²) in [4.78, 5) is 13.7. The van der Waals surface area contributed by atoms with Crippen molar-refractivity contribution in [2.45, 2.75) is 32.4 Å². The van der Waals surface area contributed by atoms with Crippen LogP contribution in [-0.4, -0.2) is 31.3 Å². The van der Waals surface area contributed by atoms with E-state index in [1.807, 2.05) is 61.1 Å². The highest BCUT2D eigenvalue weighted by molar-refractivity contribution is 5.86. The number of imidazole rings is 1. The van der Waals surface area contributed by atoms with Crippen LogP contribution in [0.15, 0.2) is 66.0 Å². The van der Waals surface area contributed by atoms with Crippen LogP contribution in [0.5, 0.6) is 0 Å². The van der Waals surface area contributed by atoms with Crippen molar-refractivity contribution in [3.63, 3.8) is 0 Å². The van der Waals surface area contributed by atoms with Crippen LogP contribution < -0.4 is 5.32 Å².